The van der Waals surface area contributed by atoms with Gasteiger partial charge in [0.25, 0.3) is 5.91 Å². The van der Waals surface area contributed by atoms with Crippen LogP contribution in [0.3, 0.4) is 0 Å². The molecule has 5 nitrogen and oxygen atoms in total. The Morgan fingerprint density at radius 3 is 2.90 bits per heavy atom. The molecular weight excluding hydrogens is 387 g/mol. The van der Waals surface area contributed by atoms with E-state index in [1.807, 2.05) is 46.8 Å². The fraction of sp³-hybridized carbons (Fsp3) is 0.227. The monoisotopic (exact) mass is 406 g/mol. The number of likely N-dealkylation sites (tertiary alicyclic amines) is 1. The number of thiophene rings is 1. The van der Waals surface area contributed by atoms with Crippen molar-refractivity contribution in [1.82, 2.24) is 19.5 Å². The van der Waals surface area contributed by atoms with Crippen molar-refractivity contribution in [1.29, 1.82) is 0 Å². The summed E-state index contributed by atoms with van der Waals surface area (Å²) in [6.45, 7) is 1.40. The average Bonchev–Trinajstić information content (AvgIpc) is 3.43. The lowest BCUT2D eigenvalue weighted by Crippen LogP contribution is -2.39. The molecular formula is C22H19FN4OS. The molecule has 5 rings (SSSR count). The number of nitrogens with zero attached hydrogens (tertiary/aromatic N) is 4. The summed E-state index contributed by atoms with van der Waals surface area (Å²) in [6, 6.07) is 14.1. The summed E-state index contributed by atoms with van der Waals surface area (Å²) in [7, 11) is 0. The number of amides is 1. The van der Waals surface area contributed by atoms with Crippen LogP contribution in [-0.2, 0) is 0 Å². The number of fused-ring (bicyclic) bond motifs is 1. The molecule has 0 saturated carbocycles. The standard InChI is InChI=1S/C22H19FN4OS/c23-18-6-1-4-15(12-18)16-8-9-20-24-21(25-27(20)14-16)17-5-2-10-26(13-17)22(28)19-7-3-11-29-19/h1,3-4,6-9,11-12,14,17H,2,5,10,13H2. The highest BCUT2D eigenvalue weighted by Gasteiger charge is 2.28. The first-order valence-electron chi connectivity index (χ1n) is 9.62. The second kappa shape index (κ2) is 7.40. The summed E-state index contributed by atoms with van der Waals surface area (Å²) in [4.78, 5) is 20.1. The zero-order valence-corrected chi connectivity index (χ0v) is 16.5. The summed E-state index contributed by atoms with van der Waals surface area (Å²) < 4.78 is 15.3. The molecule has 1 atom stereocenters. The van der Waals surface area contributed by atoms with Gasteiger partial charge in [0.15, 0.2) is 11.5 Å². The molecule has 0 aliphatic carbocycles. The number of hydrogen-bond donors (Lipinski definition) is 0. The Bertz CT molecular complexity index is 1170. The van der Waals surface area contributed by atoms with Crippen LogP contribution in [0.25, 0.3) is 16.8 Å². The van der Waals surface area contributed by atoms with Crippen LogP contribution in [0.1, 0.15) is 34.3 Å². The number of carbonyl (C=O) groups is 1. The van der Waals surface area contributed by atoms with E-state index in [2.05, 4.69) is 10.1 Å². The van der Waals surface area contributed by atoms with Crippen molar-refractivity contribution in [3.8, 4) is 11.1 Å². The maximum Gasteiger partial charge on any atom is 0.263 e. The van der Waals surface area contributed by atoms with Crippen molar-refractivity contribution in [2.24, 2.45) is 0 Å². The molecule has 0 N–H and O–H groups in total. The predicted octanol–water partition coefficient (Wildman–Crippen LogP) is 4.62. The molecule has 4 aromatic rings. The molecule has 4 heterocycles. The summed E-state index contributed by atoms with van der Waals surface area (Å²) >= 11 is 1.47. The molecule has 0 radical (unpaired) electrons. The van der Waals surface area contributed by atoms with Crippen LogP contribution in [0.2, 0.25) is 0 Å². The highest BCUT2D eigenvalue weighted by Crippen LogP contribution is 2.27. The molecule has 0 bridgehead atoms. The Hall–Kier alpha value is -3.06. The van der Waals surface area contributed by atoms with Gasteiger partial charge in [0.1, 0.15) is 5.82 Å². The smallest absolute Gasteiger partial charge is 0.263 e. The minimum atomic E-state index is -0.264. The molecule has 1 unspecified atom stereocenters. The lowest BCUT2D eigenvalue weighted by Gasteiger charge is -2.31. The minimum Gasteiger partial charge on any atom is -0.337 e. The lowest BCUT2D eigenvalue weighted by molar-refractivity contribution is 0.0709. The number of piperidine rings is 1. The van der Waals surface area contributed by atoms with E-state index in [4.69, 9.17) is 0 Å². The highest BCUT2D eigenvalue weighted by molar-refractivity contribution is 7.12. The van der Waals surface area contributed by atoms with Crippen molar-refractivity contribution in [3.63, 3.8) is 0 Å². The number of halogens is 1. The van der Waals surface area contributed by atoms with Crippen LogP contribution in [0.5, 0.6) is 0 Å². The van der Waals surface area contributed by atoms with Gasteiger partial charge in [-0.3, -0.25) is 4.79 Å². The second-order valence-electron chi connectivity index (χ2n) is 7.27. The summed E-state index contributed by atoms with van der Waals surface area (Å²) in [5.74, 6) is 0.691. The van der Waals surface area contributed by atoms with Crippen LogP contribution in [0.15, 0.2) is 60.1 Å². The molecule has 0 spiro atoms. The Morgan fingerprint density at radius 2 is 2.07 bits per heavy atom. The SMILES string of the molecule is O=C(c1cccs1)N1CCCC(c2nc3ccc(-c4cccc(F)c4)cn3n2)C1. The van der Waals surface area contributed by atoms with Crippen molar-refractivity contribution < 1.29 is 9.18 Å². The normalized spacial score (nSPS) is 17.0. The van der Waals surface area contributed by atoms with E-state index in [1.54, 1.807) is 10.6 Å². The Balaban J connectivity index is 1.40. The molecule has 1 aliphatic rings. The number of aromatic nitrogens is 3. The fourth-order valence-corrected chi connectivity index (χ4v) is 4.53. The number of hydrogen-bond acceptors (Lipinski definition) is 4. The number of rotatable bonds is 3. The van der Waals surface area contributed by atoms with Crippen molar-refractivity contribution >= 4 is 22.9 Å². The number of benzene rings is 1. The zero-order chi connectivity index (χ0) is 19.8. The second-order valence-corrected chi connectivity index (χ2v) is 8.22. The quantitative estimate of drug-likeness (QED) is 0.499. The van der Waals surface area contributed by atoms with Crippen molar-refractivity contribution in [2.45, 2.75) is 18.8 Å². The number of pyridine rings is 1. The van der Waals surface area contributed by atoms with Gasteiger partial charge in [0.05, 0.1) is 4.88 Å². The van der Waals surface area contributed by atoms with Crippen LogP contribution >= 0.6 is 11.3 Å². The van der Waals surface area contributed by atoms with E-state index in [0.717, 1.165) is 46.9 Å². The van der Waals surface area contributed by atoms with Gasteiger partial charge >= 0.3 is 0 Å². The van der Waals surface area contributed by atoms with Crippen LogP contribution in [0.4, 0.5) is 4.39 Å². The van der Waals surface area contributed by atoms with Gasteiger partial charge in [-0.1, -0.05) is 18.2 Å². The molecule has 7 heteroatoms. The summed E-state index contributed by atoms with van der Waals surface area (Å²) in [5.41, 5.74) is 2.43. The first kappa shape index (κ1) is 18.0. The summed E-state index contributed by atoms with van der Waals surface area (Å²) in [5, 5.41) is 6.60. The first-order valence-corrected chi connectivity index (χ1v) is 10.5. The first-order chi connectivity index (χ1) is 14.2. The molecule has 1 aliphatic heterocycles. The third-order valence-corrected chi connectivity index (χ3v) is 6.17. The molecule has 29 heavy (non-hydrogen) atoms. The van der Waals surface area contributed by atoms with Gasteiger partial charge in [-0.05, 0) is 54.1 Å². The molecule has 1 amide bonds. The Morgan fingerprint density at radius 1 is 1.14 bits per heavy atom. The molecule has 1 aromatic carbocycles. The van der Waals surface area contributed by atoms with Crippen molar-refractivity contribution in [2.75, 3.05) is 13.1 Å². The van der Waals surface area contributed by atoms with E-state index < -0.39 is 0 Å². The Kier molecular flexibility index (Phi) is 4.60. The average molecular weight is 406 g/mol. The zero-order valence-electron chi connectivity index (χ0n) is 15.7. The topological polar surface area (TPSA) is 50.5 Å². The van der Waals surface area contributed by atoms with E-state index in [-0.39, 0.29) is 17.6 Å². The molecule has 146 valence electrons. The molecule has 1 fully saturated rings. The van der Waals surface area contributed by atoms with Gasteiger partial charge in [-0.25, -0.2) is 13.9 Å². The van der Waals surface area contributed by atoms with Gasteiger partial charge in [-0.15, -0.1) is 11.3 Å². The van der Waals surface area contributed by atoms with Crippen LogP contribution in [0, 0.1) is 5.82 Å². The largest absolute Gasteiger partial charge is 0.337 e. The van der Waals surface area contributed by atoms with E-state index in [1.165, 1.54) is 23.5 Å². The fourth-order valence-electron chi connectivity index (χ4n) is 3.84. The van der Waals surface area contributed by atoms with Gasteiger partial charge < -0.3 is 4.90 Å². The highest BCUT2D eigenvalue weighted by atomic mass is 32.1. The molecule has 3 aromatic heterocycles. The van der Waals surface area contributed by atoms with E-state index >= 15 is 0 Å². The van der Waals surface area contributed by atoms with Gasteiger partial charge in [-0.2, -0.15) is 5.10 Å². The van der Waals surface area contributed by atoms with Gasteiger partial charge in [0, 0.05) is 30.8 Å². The van der Waals surface area contributed by atoms with E-state index in [0.29, 0.717) is 6.54 Å². The Labute approximate surface area is 171 Å². The van der Waals surface area contributed by atoms with Crippen LogP contribution < -0.4 is 0 Å². The predicted molar refractivity (Wildman–Crippen MR) is 111 cm³/mol. The lowest BCUT2D eigenvalue weighted by atomic mass is 9.97. The summed E-state index contributed by atoms with van der Waals surface area (Å²) in [6.07, 6.45) is 3.77. The molecule has 1 saturated heterocycles. The van der Waals surface area contributed by atoms with Gasteiger partial charge in [0.2, 0.25) is 0 Å². The van der Waals surface area contributed by atoms with E-state index in [9.17, 15) is 9.18 Å². The third-order valence-electron chi connectivity index (χ3n) is 5.31. The third kappa shape index (κ3) is 3.53. The maximum absolute atomic E-state index is 13.6. The maximum atomic E-state index is 13.6. The number of carbonyl (C=O) groups excluding carboxylic acids is 1. The minimum absolute atomic E-state index is 0.0851. The van der Waals surface area contributed by atoms with Crippen LogP contribution in [-0.4, -0.2) is 38.5 Å². The van der Waals surface area contributed by atoms with Crippen molar-refractivity contribution in [3.05, 3.63) is 76.6 Å².